The standard InChI is InChI=1S/C14H20OS/c1-11(2)9-10-16-12(3)14(15)13-7-5-4-6-8-13/h4-8,11-12H,9-10H2,1-3H3. The first-order chi connectivity index (χ1) is 7.61. The number of Topliss-reactive ketones (excluding diaryl/α,β-unsaturated/α-hetero) is 1. The molecule has 0 saturated carbocycles. The number of thioether (sulfide) groups is 1. The molecule has 1 aromatic rings. The molecule has 16 heavy (non-hydrogen) atoms. The van der Waals surface area contributed by atoms with Crippen LogP contribution >= 0.6 is 11.8 Å². The fourth-order valence-electron chi connectivity index (χ4n) is 1.39. The molecule has 0 N–H and O–H groups in total. The molecule has 2 heteroatoms. The number of ketones is 1. The maximum Gasteiger partial charge on any atom is 0.175 e. The maximum absolute atomic E-state index is 12.0. The van der Waals surface area contributed by atoms with Crippen LogP contribution in [0.5, 0.6) is 0 Å². The van der Waals surface area contributed by atoms with Crippen molar-refractivity contribution in [3.8, 4) is 0 Å². The molecule has 0 amide bonds. The number of hydrogen-bond donors (Lipinski definition) is 0. The van der Waals surface area contributed by atoms with E-state index >= 15 is 0 Å². The van der Waals surface area contributed by atoms with Gasteiger partial charge >= 0.3 is 0 Å². The van der Waals surface area contributed by atoms with E-state index in [0.29, 0.717) is 5.92 Å². The van der Waals surface area contributed by atoms with Crippen LogP contribution < -0.4 is 0 Å². The van der Waals surface area contributed by atoms with Crippen molar-refractivity contribution in [3.63, 3.8) is 0 Å². The highest BCUT2D eigenvalue weighted by atomic mass is 32.2. The lowest BCUT2D eigenvalue weighted by molar-refractivity contribution is 0.0994. The number of rotatable bonds is 6. The minimum Gasteiger partial charge on any atom is -0.293 e. The lowest BCUT2D eigenvalue weighted by Gasteiger charge is -2.11. The lowest BCUT2D eigenvalue weighted by Crippen LogP contribution is -2.14. The minimum atomic E-state index is 0.0705. The van der Waals surface area contributed by atoms with E-state index in [0.717, 1.165) is 11.3 Å². The largest absolute Gasteiger partial charge is 0.293 e. The molecule has 0 heterocycles. The first-order valence-corrected chi connectivity index (χ1v) is 6.87. The van der Waals surface area contributed by atoms with Crippen molar-refractivity contribution >= 4 is 17.5 Å². The summed E-state index contributed by atoms with van der Waals surface area (Å²) in [7, 11) is 0. The average molecular weight is 236 g/mol. The third kappa shape index (κ3) is 4.40. The van der Waals surface area contributed by atoms with Gasteiger partial charge in [0.05, 0.1) is 5.25 Å². The monoisotopic (exact) mass is 236 g/mol. The molecule has 0 aromatic heterocycles. The third-order valence-corrected chi connectivity index (χ3v) is 3.68. The topological polar surface area (TPSA) is 17.1 Å². The van der Waals surface area contributed by atoms with Crippen molar-refractivity contribution in [1.29, 1.82) is 0 Å². The van der Waals surface area contributed by atoms with Crippen molar-refractivity contribution in [3.05, 3.63) is 35.9 Å². The van der Waals surface area contributed by atoms with E-state index in [4.69, 9.17) is 0 Å². The Kier molecular flexibility index (Phi) is 5.61. The summed E-state index contributed by atoms with van der Waals surface area (Å²) in [6.07, 6.45) is 1.18. The average Bonchev–Trinajstić information content (AvgIpc) is 2.28. The molecule has 0 aliphatic carbocycles. The van der Waals surface area contributed by atoms with Gasteiger partial charge in [-0.1, -0.05) is 44.2 Å². The quantitative estimate of drug-likeness (QED) is 0.693. The first kappa shape index (κ1) is 13.3. The third-order valence-electron chi connectivity index (χ3n) is 2.49. The van der Waals surface area contributed by atoms with Crippen molar-refractivity contribution in [2.24, 2.45) is 5.92 Å². The lowest BCUT2D eigenvalue weighted by atomic mass is 10.1. The van der Waals surface area contributed by atoms with Crippen molar-refractivity contribution in [1.82, 2.24) is 0 Å². The van der Waals surface area contributed by atoms with Gasteiger partial charge in [0.25, 0.3) is 0 Å². The van der Waals surface area contributed by atoms with Crippen LogP contribution in [0.25, 0.3) is 0 Å². The van der Waals surface area contributed by atoms with E-state index in [1.165, 1.54) is 6.42 Å². The van der Waals surface area contributed by atoms with E-state index in [-0.39, 0.29) is 11.0 Å². The Morgan fingerprint density at radius 3 is 2.38 bits per heavy atom. The van der Waals surface area contributed by atoms with E-state index < -0.39 is 0 Å². The van der Waals surface area contributed by atoms with Crippen LogP contribution in [-0.4, -0.2) is 16.8 Å². The molecule has 1 rings (SSSR count). The second kappa shape index (κ2) is 6.74. The van der Waals surface area contributed by atoms with Crippen LogP contribution in [0.15, 0.2) is 30.3 Å². The van der Waals surface area contributed by atoms with E-state index in [1.54, 1.807) is 11.8 Å². The zero-order valence-electron chi connectivity index (χ0n) is 10.3. The molecule has 0 bridgehead atoms. The Hall–Kier alpha value is -0.760. The molecule has 1 unspecified atom stereocenters. The van der Waals surface area contributed by atoms with Crippen LogP contribution in [-0.2, 0) is 0 Å². The molecule has 88 valence electrons. The Bertz CT molecular complexity index is 319. The smallest absolute Gasteiger partial charge is 0.175 e. The summed E-state index contributed by atoms with van der Waals surface area (Å²) in [5.41, 5.74) is 0.826. The summed E-state index contributed by atoms with van der Waals surface area (Å²) >= 11 is 1.76. The summed E-state index contributed by atoms with van der Waals surface area (Å²) < 4.78 is 0. The molecule has 1 nitrogen and oxygen atoms in total. The Morgan fingerprint density at radius 2 is 1.81 bits per heavy atom. The van der Waals surface area contributed by atoms with Gasteiger partial charge in [0.1, 0.15) is 0 Å². The molecule has 0 aliphatic heterocycles. The number of carbonyl (C=O) groups is 1. The van der Waals surface area contributed by atoms with Crippen LogP contribution in [0.1, 0.15) is 37.6 Å². The second-order valence-electron chi connectivity index (χ2n) is 4.43. The Labute approximate surface area is 103 Å². The van der Waals surface area contributed by atoms with Gasteiger partial charge in [0.15, 0.2) is 5.78 Å². The first-order valence-electron chi connectivity index (χ1n) is 5.82. The van der Waals surface area contributed by atoms with E-state index in [1.807, 2.05) is 37.3 Å². The van der Waals surface area contributed by atoms with Crippen molar-refractivity contribution < 1.29 is 4.79 Å². The highest BCUT2D eigenvalue weighted by Crippen LogP contribution is 2.18. The highest BCUT2D eigenvalue weighted by Gasteiger charge is 2.14. The molecule has 0 saturated heterocycles. The van der Waals surface area contributed by atoms with E-state index in [2.05, 4.69) is 13.8 Å². The fraction of sp³-hybridized carbons (Fsp3) is 0.500. The number of hydrogen-bond acceptors (Lipinski definition) is 2. The number of benzene rings is 1. The number of carbonyl (C=O) groups excluding carboxylic acids is 1. The molecule has 1 aromatic carbocycles. The maximum atomic E-state index is 12.0. The van der Waals surface area contributed by atoms with Crippen LogP contribution in [0.3, 0.4) is 0 Å². The van der Waals surface area contributed by atoms with Gasteiger partial charge in [-0.15, -0.1) is 0 Å². The zero-order valence-corrected chi connectivity index (χ0v) is 11.1. The van der Waals surface area contributed by atoms with Crippen molar-refractivity contribution in [2.45, 2.75) is 32.4 Å². The van der Waals surface area contributed by atoms with Crippen LogP contribution in [0.2, 0.25) is 0 Å². The van der Waals surface area contributed by atoms with Crippen LogP contribution in [0.4, 0.5) is 0 Å². The predicted octanol–water partition coefficient (Wildman–Crippen LogP) is 4.04. The van der Waals surface area contributed by atoms with E-state index in [9.17, 15) is 4.79 Å². The highest BCUT2D eigenvalue weighted by molar-refractivity contribution is 8.00. The van der Waals surface area contributed by atoms with Gasteiger partial charge in [0, 0.05) is 5.56 Å². The summed E-state index contributed by atoms with van der Waals surface area (Å²) in [5, 5.41) is 0.0705. The molecule has 0 spiro atoms. The van der Waals surface area contributed by atoms with Gasteiger partial charge in [-0.05, 0) is 25.0 Å². The molecule has 0 radical (unpaired) electrons. The predicted molar refractivity (Wildman–Crippen MR) is 72.1 cm³/mol. The van der Waals surface area contributed by atoms with Gasteiger partial charge < -0.3 is 0 Å². The summed E-state index contributed by atoms with van der Waals surface area (Å²) in [5.74, 6) is 2.03. The van der Waals surface area contributed by atoms with Crippen molar-refractivity contribution in [2.75, 3.05) is 5.75 Å². The second-order valence-corrected chi connectivity index (χ2v) is 5.87. The minimum absolute atomic E-state index is 0.0705. The van der Waals surface area contributed by atoms with Crippen LogP contribution in [0, 0.1) is 5.92 Å². The van der Waals surface area contributed by atoms with Gasteiger partial charge in [-0.3, -0.25) is 4.79 Å². The summed E-state index contributed by atoms with van der Waals surface area (Å²) in [6, 6.07) is 9.55. The van der Waals surface area contributed by atoms with Gasteiger partial charge in [0.2, 0.25) is 0 Å². The zero-order chi connectivity index (χ0) is 12.0. The molecular weight excluding hydrogens is 216 g/mol. The van der Waals surface area contributed by atoms with Gasteiger partial charge in [-0.25, -0.2) is 0 Å². The van der Waals surface area contributed by atoms with Gasteiger partial charge in [-0.2, -0.15) is 11.8 Å². The molecule has 0 aliphatic rings. The molecular formula is C14H20OS. The Balaban J connectivity index is 2.43. The molecule has 0 fully saturated rings. The SMILES string of the molecule is CC(C)CCSC(C)C(=O)c1ccccc1. The Morgan fingerprint density at radius 1 is 1.19 bits per heavy atom. The summed E-state index contributed by atoms with van der Waals surface area (Å²) in [4.78, 5) is 12.0. The normalized spacial score (nSPS) is 12.8. The summed E-state index contributed by atoms with van der Waals surface area (Å²) in [6.45, 7) is 6.43. The molecule has 1 atom stereocenters. The fourth-order valence-corrected chi connectivity index (χ4v) is 2.64.